The van der Waals surface area contributed by atoms with Gasteiger partial charge in [-0.05, 0) is 102 Å². The van der Waals surface area contributed by atoms with Crippen molar-refractivity contribution in [3.8, 4) is 16.8 Å². The Morgan fingerprint density at radius 1 is 0.702 bits per heavy atom. The number of fused-ring (bicyclic) bond motifs is 6. The molecule has 0 aliphatic heterocycles. The summed E-state index contributed by atoms with van der Waals surface area (Å²) in [7, 11) is 3.75. The van der Waals surface area contributed by atoms with Crippen molar-refractivity contribution in [2.24, 2.45) is 5.92 Å². The van der Waals surface area contributed by atoms with Crippen molar-refractivity contribution in [2.75, 3.05) is 14.1 Å². The fourth-order valence-corrected chi connectivity index (χ4v) is 6.57. The van der Waals surface area contributed by atoms with Crippen LogP contribution in [0.15, 0.2) is 145 Å². The number of aromatic nitrogens is 1. The number of allylic oxidation sites excluding steroid dienone is 5. The first-order valence-electron chi connectivity index (χ1n) is 16.6. The number of hydrogen-bond acceptors (Lipinski definition) is 1. The first kappa shape index (κ1) is 31.8. The maximum atomic E-state index is 2.75. The van der Waals surface area contributed by atoms with Crippen molar-refractivity contribution >= 4 is 49.4 Å². The minimum absolute atomic E-state index is 0.495. The van der Waals surface area contributed by atoms with E-state index in [4.69, 9.17) is 0 Å². The highest BCUT2D eigenvalue weighted by Crippen LogP contribution is 2.41. The van der Waals surface area contributed by atoms with Gasteiger partial charge in [0.1, 0.15) is 0 Å². The van der Waals surface area contributed by atoms with Gasteiger partial charge in [0.25, 0.3) is 0 Å². The summed E-state index contributed by atoms with van der Waals surface area (Å²) < 4.78 is 2.45. The summed E-state index contributed by atoms with van der Waals surface area (Å²) in [5.41, 5.74) is 10.0. The topological polar surface area (TPSA) is 17.0 Å². The molecule has 2 nitrogen and oxygen atoms in total. The van der Waals surface area contributed by atoms with Gasteiger partial charge in [0, 0.05) is 21.8 Å². The summed E-state index contributed by atoms with van der Waals surface area (Å²) in [4.78, 5) is 0. The van der Waals surface area contributed by atoms with E-state index in [1.54, 1.807) is 0 Å². The molecule has 1 heterocycles. The molecular weight excluding hydrogens is 569 g/mol. The SMILES string of the molecule is CNC.C\C=C/C(=C/C=C\c1ccc(-c2cc3c4ccccc4n(-c4ccc5ccccc5c4)c3c3ccccc23)cc1C)C(C)C. The monoisotopic (exact) mass is 612 g/mol. The van der Waals surface area contributed by atoms with E-state index in [0.717, 1.165) is 0 Å². The lowest BCUT2D eigenvalue weighted by Crippen LogP contribution is -1.95. The van der Waals surface area contributed by atoms with Gasteiger partial charge >= 0.3 is 0 Å². The predicted octanol–water partition coefficient (Wildman–Crippen LogP) is 12.1. The smallest absolute Gasteiger partial charge is 0.0619 e. The highest BCUT2D eigenvalue weighted by Gasteiger charge is 2.18. The quantitative estimate of drug-likeness (QED) is 0.185. The molecule has 0 radical (unpaired) electrons. The normalized spacial score (nSPS) is 12.3. The van der Waals surface area contributed by atoms with E-state index >= 15 is 0 Å². The third kappa shape index (κ3) is 6.30. The van der Waals surface area contributed by atoms with Crippen LogP contribution in [0.1, 0.15) is 31.9 Å². The number of benzene rings is 6. The van der Waals surface area contributed by atoms with Crippen LogP contribution < -0.4 is 5.32 Å². The Morgan fingerprint density at radius 3 is 2.11 bits per heavy atom. The summed E-state index contributed by atoms with van der Waals surface area (Å²) in [6.07, 6.45) is 10.9. The molecule has 6 aromatic carbocycles. The minimum atomic E-state index is 0.495. The Morgan fingerprint density at radius 2 is 1.38 bits per heavy atom. The fourth-order valence-electron chi connectivity index (χ4n) is 6.57. The maximum absolute atomic E-state index is 2.75. The van der Waals surface area contributed by atoms with Crippen LogP contribution in [-0.4, -0.2) is 18.7 Å². The molecule has 2 heteroatoms. The van der Waals surface area contributed by atoms with E-state index < -0.39 is 0 Å². The van der Waals surface area contributed by atoms with Crippen molar-refractivity contribution in [1.29, 1.82) is 0 Å². The molecule has 0 bridgehead atoms. The van der Waals surface area contributed by atoms with Crippen LogP contribution in [0.5, 0.6) is 0 Å². The summed E-state index contributed by atoms with van der Waals surface area (Å²) in [5, 5.41) is 10.3. The van der Waals surface area contributed by atoms with Gasteiger partial charge in [-0.1, -0.05) is 135 Å². The first-order valence-corrected chi connectivity index (χ1v) is 16.6. The number of rotatable bonds is 6. The van der Waals surface area contributed by atoms with Gasteiger partial charge in [-0.2, -0.15) is 0 Å². The first-order chi connectivity index (χ1) is 22.9. The molecule has 0 amide bonds. The average molecular weight is 613 g/mol. The van der Waals surface area contributed by atoms with Gasteiger partial charge in [0.15, 0.2) is 0 Å². The Kier molecular flexibility index (Phi) is 9.52. The molecule has 0 atom stereocenters. The zero-order valence-corrected chi connectivity index (χ0v) is 28.4. The lowest BCUT2D eigenvalue weighted by atomic mass is 9.93. The second-order valence-corrected chi connectivity index (χ2v) is 12.5. The standard InChI is InChI=1S/C43H37N.C2H7N/c1-5-13-31(29(2)3)16-12-17-32-22-23-35(26-30(32)4)40-28-41-38-19-10-11-21-42(38)44(43(41)39-20-9-8-18-37(39)40)36-25-24-33-14-6-7-15-34(33)27-36;1-3-2/h5-29H,1-4H3;3H,1-2H3/b13-5-,17-12-,31-16-;. The third-order valence-corrected chi connectivity index (χ3v) is 8.84. The van der Waals surface area contributed by atoms with Gasteiger partial charge in [-0.3, -0.25) is 0 Å². The van der Waals surface area contributed by atoms with Crippen molar-refractivity contribution in [2.45, 2.75) is 27.7 Å². The summed E-state index contributed by atoms with van der Waals surface area (Å²) >= 11 is 0. The number of hydrogen-bond donors (Lipinski definition) is 1. The molecular formula is C45H44N2. The molecule has 7 aromatic rings. The molecule has 7 rings (SSSR count). The Balaban J connectivity index is 0.00000124. The fraction of sp³-hybridized carbons (Fsp3) is 0.156. The van der Waals surface area contributed by atoms with Crippen LogP contribution in [0.4, 0.5) is 0 Å². The van der Waals surface area contributed by atoms with Gasteiger partial charge in [0.05, 0.1) is 11.0 Å². The maximum Gasteiger partial charge on any atom is 0.0619 e. The van der Waals surface area contributed by atoms with Gasteiger partial charge < -0.3 is 9.88 Å². The van der Waals surface area contributed by atoms with Crippen LogP contribution >= 0.6 is 0 Å². The number of aryl methyl sites for hydroxylation is 1. The van der Waals surface area contributed by atoms with Crippen molar-refractivity contribution in [3.05, 3.63) is 156 Å². The average Bonchev–Trinajstić information content (AvgIpc) is 3.43. The lowest BCUT2D eigenvalue weighted by Gasteiger charge is -2.14. The van der Waals surface area contributed by atoms with Gasteiger partial charge in [-0.25, -0.2) is 0 Å². The highest BCUT2D eigenvalue weighted by atomic mass is 15.0. The third-order valence-electron chi connectivity index (χ3n) is 8.84. The Labute approximate surface area is 279 Å². The van der Waals surface area contributed by atoms with Crippen molar-refractivity contribution in [3.63, 3.8) is 0 Å². The van der Waals surface area contributed by atoms with Gasteiger partial charge in [0.2, 0.25) is 0 Å². The molecule has 0 saturated carbocycles. The van der Waals surface area contributed by atoms with E-state index in [0.29, 0.717) is 5.92 Å². The zero-order chi connectivity index (χ0) is 32.9. The predicted molar refractivity (Wildman–Crippen MR) is 208 cm³/mol. The summed E-state index contributed by atoms with van der Waals surface area (Å²) in [6.45, 7) is 8.76. The van der Waals surface area contributed by atoms with Gasteiger partial charge in [-0.15, -0.1) is 0 Å². The lowest BCUT2D eigenvalue weighted by molar-refractivity contribution is 0.791. The molecule has 0 saturated heterocycles. The van der Waals surface area contributed by atoms with E-state index in [2.05, 4.69) is 183 Å². The molecule has 234 valence electrons. The summed E-state index contributed by atoms with van der Waals surface area (Å²) in [6, 6.07) is 42.4. The molecule has 1 N–H and O–H groups in total. The highest BCUT2D eigenvalue weighted by molar-refractivity contribution is 6.22. The van der Waals surface area contributed by atoms with Crippen molar-refractivity contribution in [1.82, 2.24) is 9.88 Å². The number of nitrogens with one attached hydrogen (secondary N) is 1. The van der Waals surface area contributed by atoms with Crippen LogP contribution in [0.2, 0.25) is 0 Å². The second kappa shape index (κ2) is 14.1. The zero-order valence-electron chi connectivity index (χ0n) is 28.4. The largest absolute Gasteiger partial charge is 0.323 e. The minimum Gasteiger partial charge on any atom is -0.323 e. The Bertz CT molecular complexity index is 2290. The van der Waals surface area contributed by atoms with E-state index in [1.165, 1.54) is 76.9 Å². The van der Waals surface area contributed by atoms with Crippen LogP contribution in [0.3, 0.4) is 0 Å². The molecule has 0 aliphatic carbocycles. The molecule has 0 unspecified atom stereocenters. The van der Waals surface area contributed by atoms with E-state index in [-0.39, 0.29) is 0 Å². The number of para-hydroxylation sites is 1. The molecule has 1 aromatic heterocycles. The van der Waals surface area contributed by atoms with E-state index in [9.17, 15) is 0 Å². The second-order valence-electron chi connectivity index (χ2n) is 12.5. The molecule has 47 heavy (non-hydrogen) atoms. The molecule has 0 aliphatic rings. The summed E-state index contributed by atoms with van der Waals surface area (Å²) in [5.74, 6) is 0.495. The molecule has 0 fully saturated rings. The number of nitrogens with zero attached hydrogens (tertiary/aromatic N) is 1. The molecule has 0 spiro atoms. The van der Waals surface area contributed by atoms with Crippen molar-refractivity contribution < 1.29 is 0 Å². The van der Waals surface area contributed by atoms with Crippen LogP contribution in [0, 0.1) is 12.8 Å². The Hall–Kier alpha value is -5.18. The van der Waals surface area contributed by atoms with Crippen LogP contribution in [0.25, 0.3) is 66.2 Å². The van der Waals surface area contributed by atoms with Crippen LogP contribution in [-0.2, 0) is 0 Å². The van der Waals surface area contributed by atoms with E-state index in [1.807, 2.05) is 14.1 Å².